The molecule has 0 radical (unpaired) electrons. The predicted octanol–water partition coefficient (Wildman–Crippen LogP) is 2.55. The van der Waals surface area contributed by atoms with Crippen LogP contribution in [0.4, 0.5) is 0 Å². The zero-order valence-electron chi connectivity index (χ0n) is 13.0. The van der Waals surface area contributed by atoms with Crippen molar-refractivity contribution in [3.63, 3.8) is 0 Å². The van der Waals surface area contributed by atoms with Crippen LogP contribution in [-0.4, -0.2) is 44.0 Å². The van der Waals surface area contributed by atoms with Crippen molar-refractivity contribution in [2.45, 2.75) is 19.4 Å². The minimum Gasteiger partial charge on any atom is -0.364 e. The van der Waals surface area contributed by atoms with Crippen molar-refractivity contribution in [2.24, 2.45) is 5.92 Å². The topological polar surface area (TPSA) is 77.0 Å². The van der Waals surface area contributed by atoms with Crippen LogP contribution in [0.15, 0.2) is 39.9 Å². The number of hydrogen-bond acceptors (Lipinski definition) is 6. The van der Waals surface area contributed by atoms with E-state index in [-0.39, 0.29) is 5.91 Å². The molecule has 3 aromatic rings. The summed E-state index contributed by atoms with van der Waals surface area (Å²) < 4.78 is 6.64. The minimum atomic E-state index is -0.0639. The third kappa shape index (κ3) is 3.09. The van der Waals surface area contributed by atoms with Crippen LogP contribution in [0, 0.1) is 5.92 Å². The summed E-state index contributed by atoms with van der Waals surface area (Å²) in [7, 11) is 0. The van der Waals surface area contributed by atoms with E-state index in [0.29, 0.717) is 18.2 Å². The van der Waals surface area contributed by atoms with Gasteiger partial charge in [0, 0.05) is 36.6 Å². The van der Waals surface area contributed by atoms with Gasteiger partial charge in [0.05, 0.1) is 6.20 Å². The molecule has 3 aromatic heterocycles. The highest BCUT2D eigenvalue weighted by atomic mass is 32.1. The summed E-state index contributed by atoms with van der Waals surface area (Å²) in [5.41, 5.74) is 2.36. The quantitative estimate of drug-likeness (QED) is 0.727. The molecule has 0 spiro atoms. The lowest BCUT2D eigenvalue weighted by atomic mass is 9.98. The van der Waals surface area contributed by atoms with E-state index in [9.17, 15) is 4.79 Å². The molecule has 0 aliphatic carbocycles. The van der Waals surface area contributed by atoms with Gasteiger partial charge >= 0.3 is 0 Å². The lowest BCUT2D eigenvalue weighted by Gasteiger charge is -2.32. The number of thiophene rings is 1. The van der Waals surface area contributed by atoms with Crippen molar-refractivity contribution < 1.29 is 9.32 Å². The molecule has 0 aromatic carbocycles. The molecule has 4 rings (SSSR count). The van der Waals surface area contributed by atoms with Crippen LogP contribution < -0.4 is 0 Å². The maximum atomic E-state index is 12.4. The molecule has 0 unspecified atom stereocenters. The van der Waals surface area contributed by atoms with Crippen molar-refractivity contribution in [3.05, 3.63) is 41.0 Å². The zero-order chi connectivity index (χ0) is 16.4. The minimum absolute atomic E-state index is 0.0639. The number of hydrogen-bond donors (Lipinski definition) is 0. The monoisotopic (exact) mass is 343 g/mol. The molecule has 1 aliphatic rings. The Labute approximate surface area is 142 Å². The number of carbonyl (C=O) groups excluding carboxylic acids is 1. The fraction of sp³-hybridized carbons (Fsp3) is 0.375. The van der Waals surface area contributed by atoms with Gasteiger partial charge in [0.25, 0.3) is 5.91 Å². The number of amides is 1. The number of rotatable bonds is 4. The Morgan fingerprint density at radius 2 is 2.38 bits per heavy atom. The molecule has 0 bridgehead atoms. The molecule has 1 atom stereocenters. The average molecular weight is 343 g/mol. The van der Waals surface area contributed by atoms with Crippen molar-refractivity contribution in [2.75, 3.05) is 13.1 Å². The van der Waals surface area contributed by atoms with E-state index < -0.39 is 0 Å². The maximum absolute atomic E-state index is 12.4. The second kappa shape index (κ2) is 6.56. The van der Waals surface area contributed by atoms with Gasteiger partial charge in [-0.3, -0.25) is 9.48 Å². The molecule has 1 fully saturated rings. The number of nitrogens with zero attached hydrogens (tertiary/aromatic N) is 5. The van der Waals surface area contributed by atoms with Crippen LogP contribution in [0.1, 0.15) is 23.3 Å². The SMILES string of the molecule is O=C(c1ccon1)N1CCC[C@H](Cn2cc(-c3ccsc3)nn2)C1. The van der Waals surface area contributed by atoms with E-state index in [2.05, 4.69) is 20.8 Å². The number of likely N-dealkylation sites (tertiary alicyclic amines) is 1. The van der Waals surface area contributed by atoms with E-state index >= 15 is 0 Å². The molecule has 1 amide bonds. The molecular weight excluding hydrogens is 326 g/mol. The van der Waals surface area contributed by atoms with E-state index in [0.717, 1.165) is 37.2 Å². The first-order chi connectivity index (χ1) is 11.8. The molecule has 24 heavy (non-hydrogen) atoms. The first-order valence-corrected chi connectivity index (χ1v) is 8.86. The van der Waals surface area contributed by atoms with E-state index in [4.69, 9.17) is 4.52 Å². The first kappa shape index (κ1) is 15.1. The molecule has 0 saturated carbocycles. The van der Waals surface area contributed by atoms with Gasteiger partial charge in [-0.05, 0) is 30.2 Å². The van der Waals surface area contributed by atoms with Gasteiger partial charge in [0.1, 0.15) is 12.0 Å². The normalized spacial score (nSPS) is 18.0. The van der Waals surface area contributed by atoms with Gasteiger partial charge in [0.2, 0.25) is 0 Å². The van der Waals surface area contributed by atoms with Gasteiger partial charge < -0.3 is 9.42 Å². The van der Waals surface area contributed by atoms with Crippen LogP contribution in [0.2, 0.25) is 0 Å². The van der Waals surface area contributed by atoms with Crippen molar-refractivity contribution in [1.29, 1.82) is 0 Å². The fourth-order valence-corrected chi connectivity index (χ4v) is 3.73. The van der Waals surface area contributed by atoms with E-state index in [1.165, 1.54) is 6.26 Å². The van der Waals surface area contributed by atoms with Crippen LogP contribution >= 0.6 is 11.3 Å². The third-order valence-electron chi connectivity index (χ3n) is 4.26. The lowest BCUT2D eigenvalue weighted by Crippen LogP contribution is -2.41. The van der Waals surface area contributed by atoms with Crippen LogP contribution in [0.3, 0.4) is 0 Å². The Morgan fingerprint density at radius 3 is 3.17 bits per heavy atom. The predicted molar refractivity (Wildman–Crippen MR) is 88.5 cm³/mol. The standard InChI is InChI=1S/C16H17N5O2S/c22-16(14-3-6-23-18-14)20-5-1-2-12(8-20)9-21-10-15(17-19-21)13-4-7-24-11-13/h3-4,6-7,10-12H,1-2,5,8-9H2/t12-/m0/s1. The Balaban J connectivity index is 1.41. The van der Waals surface area contributed by atoms with Gasteiger partial charge in [-0.2, -0.15) is 11.3 Å². The fourth-order valence-electron chi connectivity index (χ4n) is 3.08. The molecule has 1 aliphatic heterocycles. The Bertz CT molecular complexity index is 796. The molecular formula is C16H17N5O2S. The highest BCUT2D eigenvalue weighted by Gasteiger charge is 2.26. The largest absolute Gasteiger partial charge is 0.364 e. The second-order valence-corrected chi connectivity index (χ2v) is 6.76. The second-order valence-electron chi connectivity index (χ2n) is 5.98. The number of piperidine rings is 1. The van der Waals surface area contributed by atoms with Crippen LogP contribution in [-0.2, 0) is 6.54 Å². The van der Waals surface area contributed by atoms with Crippen molar-refractivity contribution in [3.8, 4) is 11.3 Å². The Kier molecular flexibility index (Phi) is 4.12. The number of carbonyl (C=O) groups is 1. The lowest BCUT2D eigenvalue weighted by molar-refractivity contribution is 0.0649. The third-order valence-corrected chi connectivity index (χ3v) is 4.95. The smallest absolute Gasteiger partial charge is 0.276 e. The van der Waals surface area contributed by atoms with Gasteiger partial charge in [0.15, 0.2) is 5.69 Å². The summed E-state index contributed by atoms with van der Waals surface area (Å²) in [6.45, 7) is 2.23. The Morgan fingerprint density at radius 1 is 1.42 bits per heavy atom. The van der Waals surface area contributed by atoms with Crippen molar-refractivity contribution >= 4 is 17.2 Å². The summed E-state index contributed by atoms with van der Waals surface area (Å²) in [6, 6.07) is 3.65. The summed E-state index contributed by atoms with van der Waals surface area (Å²) >= 11 is 1.65. The molecule has 7 nitrogen and oxygen atoms in total. The maximum Gasteiger partial charge on any atom is 0.276 e. The molecule has 8 heteroatoms. The van der Waals surface area contributed by atoms with Gasteiger partial charge in [-0.25, -0.2) is 0 Å². The summed E-state index contributed by atoms with van der Waals surface area (Å²) in [4.78, 5) is 14.2. The summed E-state index contributed by atoms with van der Waals surface area (Å²) in [5, 5.41) is 16.3. The van der Waals surface area contributed by atoms with Gasteiger partial charge in [-0.15, -0.1) is 5.10 Å². The van der Waals surface area contributed by atoms with Crippen LogP contribution in [0.25, 0.3) is 11.3 Å². The molecule has 0 N–H and O–H groups in total. The first-order valence-electron chi connectivity index (χ1n) is 7.92. The van der Waals surface area contributed by atoms with Crippen molar-refractivity contribution in [1.82, 2.24) is 25.1 Å². The Hall–Kier alpha value is -2.48. The molecule has 4 heterocycles. The summed E-state index contributed by atoms with van der Waals surface area (Å²) in [5.74, 6) is 0.303. The van der Waals surface area contributed by atoms with Gasteiger partial charge in [-0.1, -0.05) is 10.4 Å². The zero-order valence-corrected chi connectivity index (χ0v) is 13.9. The highest BCUT2D eigenvalue weighted by Crippen LogP contribution is 2.22. The summed E-state index contributed by atoms with van der Waals surface area (Å²) in [6.07, 6.45) is 5.47. The van der Waals surface area contributed by atoms with E-state index in [1.807, 2.05) is 27.2 Å². The number of aromatic nitrogens is 4. The molecule has 124 valence electrons. The molecule has 1 saturated heterocycles. The average Bonchev–Trinajstić information content (AvgIpc) is 3.35. The highest BCUT2D eigenvalue weighted by molar-refractivity contribution is 7.08. The van der Waals surface area contributed by atoms with E-state index in [1.54, 1.807) is 17.4 Å². The van der Waals surface area contributed by atoms with Crippen LogP contribution in [0.5, 0.6) is 0 Å².